The van der Waals surface area contributed by atoms with Crippen molar-refractivity contribution in [1.82, 2.24) is 5.32 Å². The minimum atomic E-state index is -0.985. The molecule has 1 rings (SSSR count). The summed E-state index contributed by atoms with van der Waals surface area (Å²) in [6.07, 6.45) is 3.77. The molecule has 0 bridgehead atoms. The van der Waals surface area contributed by atoms with Crippen LogP contribution in [0, 0.1) is 17.3 Å². The van der Waals surface area contributed by atoms with Crippen molar-refractivity contribution in [3.8, 4) is 0 Å². The lowest BCUT2D eigenvalue weighted by atomic mass is 9.67. The first kappa shape index (κ1) is 15.0. The van der Waals surface area contributed by atoms with E-state index in [1.807, 2.05) is 0 Å². The summed E-state index contributed by atoms with van der Waals surface area (Å²) in [6.45, 7) is 8.21. The average Bonchev–Trinajstić information content (AvgIpc) is 2.12. The minimum Gasteiger partial charge on any atom is -0.480 e. The molecule has 2 unspecified atom stereocenters. The zero-order chi connectivity index (χ0) is 13.9. The number of amides is 1. The third-order valence-corrected chi connectivity index (χ3v) is 3.70. The largest absolute Gasteiger partial charge is 0.480 e. The van der Waals surface area contributed by atoms with E-state index in [9.17, 15) is 9.59 Å². The monoisotopic (exact) mass is 255 g/mol. The number of hydrogen-bond donors (Lipinski definition) is 2. The Morgan fingerprint density at radius 2 is 2.00 bits per heavy atom. The number of carbonyl (C=O) groups is 2. The molecule has 1 aliphatic carbocycles. The highest BCUT2D eigenvalue weighted by Crippen LogP contribution is 2.42. The fraction of sp³-hybridized carbons (Fsp3) is 0.857. The van der Waals surface area contributed by atoms with E-state index in [1.54, 1.807) is 0 Å². The van der Waals surface area contributed by atoms with Crippen LogP contribution in [-0.4, -0.2) is 23.0 Å². The van der Waals surface area contributed by atoms with E-state index in [0.717, 1.165) is 12.8 Å². The Labute approximate surface area is 109 Å². The minimum absolute atomic E-state index is 0.139. The fourth-order valence-corrected chi connectivity index (χ4v) is 3.32. The molecule has 0 aromatic heterocycles. The molecule has 3 atom stereocenters. The molecule has 0 radical (unpaired) electrons. The molecular weight excluding hydrogens is 230 g/mol. The number of rotatable bonds is 4. The zero-order valence-corrected chi connectivity index (χ0v) is 11.8. The van der Waals surface area contributed by atoms with Crippen molar-refractivity contribution in [3.05, 3.63) is 0 Å². The van der Waals surface area contributed by atoms with Crippen LogP contribution in [0.1, 0.15) is 53.4 Å². The molecule has 4 nitrogen and oxygen atoms in total. The third-order valence-electron chi connectivity index (χ3n) is 3.70. The van der Waals surface area contributed by atoms with Gasteiger partial charge in [-0.1, -0.05) is 20.8 Å². The highest BCUT2D eigenvalue weighted by atomic mass is 16.4. The van der Waals surface area contributed by atoms with Gasteiger partial charge < -0.3 is 10.4 Å². The molecule has 0 aliphatic heterocycles. The number of carbonyl (C=O) groups excluding carboxylic acids is 1. The molecule has 1 amide bonds. The van der Waals surface area contributed by atoms with E-state index in [2.05, 4.69) is 26.1 Å². The zero-order valence-electron chi connectivity index (χ0n) is 11.8. The van der Waals surface area contributed by atoms with Crippen molar-refractivity contribution in [2.24, 2.45) is 17.3 Å². The van der Waals surface area contributed by atoms with Crippen LogP contribution in [0.2, 0.25) is 0 Å². The SMILES string of the molecule is CC1CC(CC(=O)N[C@@H](C)C(=O)O)CC(C)(C)C1. The first-order chi connectivity index (χ1) is 8.19. The molecule has 1 saturated carbocycles. The number of nitrogens with one attached hydrogen (secondary N) is 1. The van der Waals surface area contributed by atoms with Crippen LogP contribution in [0.5, 0.6) is 0 Å². The number of hydrogen-bond acceptors (Lipinski definition) is 2. The molecule has 104 valence electrons. The Morgan fingerprint density at radius 3 is 2.50 bits per heavy atom. The molecule has 0 saturated heterocycles. The predicted molar refractivity (Wildman–Crippen MR) is 70.1 cm³/mol. The first-order valence-electron chi connectivity index (χ1n) is 6.72. The van der Waals surface area contributed by atoms with Crippen LogP contribution in [0.25, 0.3) is 0 Å². The summed E-state index contributed by atoms with van der Waals surface area (Å²) in [6, 6.07) is -0.800. The lowest BCUT2D eigenvalue weighted by Crippen LogP contribution is -2.40. The van der Waals surface area contributed by atoms with Crippen LogP contribution in [0.4, 0.5) is 0 Å². The topological polar surface area (TPSA) is 66.4 Å². The van der Waals surface area contributed by atoms with Crippen molar-refractivity contribution in [3.63, 3.8) is 0 Å². The van der Waals surface area contributed by atoms with Gasteiger partial charge in [-0.05, 0) is 43.4 Å². The van der Waals surface area contributed by atoms with Crippen molar-refractivity contribution in [2.45, 2.75) is 59.4 Å². The number of carboxylic acids is 1. The molecule has 2 N–H and O–H groups in total. The van der Waals surface area contributed by atoms with E-state index in [4.69, 9.17) is 5.11 Å². The molecule has 0 heterocycles. The van der Waals surface area contributed by atoms with Gasteiger partial charge in [-0.25, -0.2) is 0 Å². The van der Waals surface area contributed by atoms with E-state index in [1.165, 1.54) is 13.3 Å². The van der Waals surface area contributed by atoms with Gasteiger partial charge in [0.25, 0.3) is 0 Å². The van der Waals surface area contributed by atoms with Gasteiger partial charge in [-0.15, -0.1) is 0 Å². The maximum Gasteiger partial charge on any atom is 0.325 e. The van der Waals surface area contributed by atoms with Crippen molar-refractivity contribution in [1.29, 1.82) is 0 Å². The van der Waals surface area contributed by atoms with Crippen LogP contribution < -0.4 is 5.32 Å². The second-order valence-corrected chi connectivity index (χ2v) is 6.61. The molecule has 1 fully saturated rings. The summed E-state index contributed by atoms with van der Waals surface area (Å²) in [7, 11) is 0. The number of aliphatic carboxylic acids is 1. The molecule has 0 aromatic carbocycles. The van der Waals surface area contributed by atoms with E-state index in [0.29, 0.717) is 23.7 Å². The summed E-state index contributed by atoms with van der Waals surface area (Å²) in [5.41, 5.74) is 0.293. The Hall–Kier alpha value is -1.06. The van der Waals surface area contributed by atoms with Gasteiger partial charge in [0.15, 0.2) is 0 Å². The van der Waals surface area contributed by atoms with E-state index < -0.39 is 12.0 Å². The van der Waals surface area contributed by atoms with Gasteiger partial charge >= 0.3 is 5.97 Å². The molecule has 18 heavy (non-hydrogen) atoms. The van der Waals surface area contributed by atoms with Crippen LogP contribution in [0.15, 0.2) is 0 Å². The highest BCUT2D eigenvalue weighted by molar-refractivity contribution is 5.83. The standard InChI is InChI=1S/C14H25NO3/c1-9-5-11(8-14(3,4)7-9)6-12(16)15-10(2)13(17)18/h9-11H,5-8H2,1-4H3,(H,15,16)(H,17,18)/t9?,10-,11?/m0/s1. The normalized spacial score (nSPS) is 28.4. The Balaban J connectivity index is 2.47. The van der Waals surface area contributed by atoms with Crippen molar-refractivity contribution >= 4 is 11.9 Å². The van der Waals surface area contributed by atoms with Gasteiger partial charge in [-0.2, -0.15) is 0 Å². The van der Waals surface area contributed by atoms with Crippen LogP contribution >= 0.6 is 0 Å². The number of carboxylic acid groups (broad SMARTS) is 1. The van der Waals surface area contributed by atoms with Crippen LogP contribution in [-0.2, 0) is 9.59 Å². The van der Waals surface area contributed by atoms with Gasteiger partial charge in [0.1, 0.15) is 6.04 Å². The highest BCUT2D eigenvalue weighted by Gasteiger charge is 2.33. The Kier molecular flexibility index (Phi) is 4.77. The summed E-state index contributed by atoms with van der Waals surface area (Å²) in [5, 5.41) is 11.3. The quantitative estimate of drug-likeness (QED) is 0.810. The van der Waals surface area contributed by atoms with E-state index in [-0.39, 0.29) is 5.91 Å². The predicted octanol–water partition coefficient (Wildman–Crippen LogP) is 2.43. The lowest BCUT2D eigenvalue weighted by molar-refractivity contribution is -0.141. The fourth-order valence-electron chi connectivity index (χ4n) is 3.32. The summed E-state index contributed by atoms with van der Waals surface area (Å²) < 4.78 is 0. The summed E-state index contributed by atoms with van der Waals surface area (Å²) in [5.74, 6) is -0.103. The molecule has 0 spiro atoms. The Morgan fingerprint density at radius 1 is 1.39 bits per heavy atom. The maximum absolute atomic E-state index is 11.8. The maximum atomic E-state index is 11.8. The molecule has 4 heteroatoms. The van der Waals surface area contributed by atoms with Gasteiger partial charge in [0, 0.05) is 6.42 Å². The Bertz CT molecular complexity index is 325. The second-order valence-electron chi connectivity index (χ2n) is 6.61. The van der Waals surface area contributed by atoms with Crippen molar-refractivity contribution in [2.75, 3.05) is 0 Å². The lowest BCUT2D eigenvalue weighted by Gasteiger charge is -2.38. The van der Waals surface area contributed by atoms with Gasteiger partial charge in [-0.3, -0.25) is 9.59 Å². The summed E-state index contributed by atoms with van der Waals surface area (Å²) in [4.78, 5) is 22.4. The molecule has 0 aromatic rings. The van der Waals surface area contributed by atoms with Crippen molar-refractivity contribution < 1.29 is 14.7 Å². The van der Waals surface area contributed by atoms with E-state index >= 15 is 0 Å². The molecular formula is C14H25NO3. The molecule has 1 aliphatic rings. The van der Waals surface area contributed by atoms with Crippen LogP contribution in [0.3, 0.4) is 0 Å². The first-order valence-corrected chi connectivity index (χ1v) is 6.72. The summed E-state index contributed by atoms with van der Waals surface area (Å²) >= 11 is 0. The average molecular weight is 255 g/mol. The smallest absolute Gasteiger partial charge is 0.325 e. The van der Waals surface area contributed by atoms with Gasteiger partial charge in [0.2, 0.25) is 5.91 Å². The third kappa shape index (κ3) is 4.67. The second kappa shape index (κ2) is 5.72. The van der Waals surface area contributed by atoms with Gasteiger partial charge in [0.05, 0.1) is 0 Å².